The van der Waals surface area contributed by atoms with Crippen LogP contribution < -0.4 is 9.47 Å². The van der Waals surface area contributed by atoms with Crippen molar-refractivity contribution in [2.75, 3.05) is 13.2 Å². The monoisotopic (exact) mass is 306 g/mol. The first kappa shape index (κ1) is 13.9. The maximum Gasteiger partial charge on any atom is 0.216 e. The van der Waals surface area contributed by atoms with E-state index in [0.717, 1.165) is 0 Å². The number of carbonyl (C=O) groups is 1. The van der Waals surface area contributed by atoms with Crippen molar-refractivity contribution < 1.29 is 14.3 Å². The number of rotatable bonds is 3. The molecule has 1 aliphatic heterocycles. The molecule has 5 nitrogen and oxygen atoms in total. The number of aromatic nitrogens is 2. The van der Waals surface area contributed by atoms with Crippen molar-refractivity contribution in [1.29, 1.82) is 0 Å². The minimum absolute atomic E-state index is 0.0353. The molecule has 1 aromatic heterocycles. The van der Waals surface area contributed by atoms with Crippen LogP contribution in [0.1, 0.15) is 35.9 Å². The minimum atomic E-state index is -0.214. The molecule has 21 heavy (non-hydrogen) atoms. The molecule has 0 N–H and O–H groups in total. The summed E-state index contributed by atoms with van der Waals surface area (Å²) >= 11 is 6.14. The van der Waals surface area contributed by atoms with Gasteiger partial charge >= 0.3 is 0 Å². The van der Waals surface area contributed by atoms with Crippen LogP contribution in [0, 0.1) is 0 Å². The zero-order valence-corrected chi connectivity index (χ0v) is 12.6. The van der Waals surface area contributed by atoms with Gasteiger partial charge in [0.1, 0.15) is 18.9 Å². The van der Waals surface area contributed by atoms with E-state index in [2.05, 4.69) is 5.10 Å². The zero-order chi connectivity index (χ0) is 15.0. The second-order valence-electron chi connectivity index (χ2n) is 5.04. The first-order valence-corrected chi connectivity index (χ1v) is 7.13. The average molecular weight is 307 g/mol. The number of fused-ring (bicyclic) bond motifs is 1. The van der Waals surface area contributed by atoms with Gasteiger partial charge in [-0.05, 0) is 26.0 Å². The van der Waals surface area contributed by atoms with Crippen LogP contribution in [-0.2, 0) is 0 Å². The summed E-state index contributed by atoms with van der Waals surface area (Å²) in [5, 5.41) is 4.50. The molecule has 0 aliphatic carbocycles. The molecule has 0 fully saturated rings. The summed E-state index contributed by atoms with van der Waals surface area (Å²) in [5.74, 6) is 0.841. The fraction of sp³-hybridized carbons (Fsp3) is 0.333. The summed E-state index contributed by atoms with van der Waals surface area (Å²) < 4.78 is 12.7. The summed E-state index contributed by atoms with van der Waals surface area (Å²) in [7, 11) is 0. The summed E-state index contributed by atoms with van der Waals surface area (Å²) in [4.78, 5) is 12.8. The molecule has 0 saturated heterocycles. The molecule has 0 atom stereocenters. The Hall–Kier alpha value is -2.01. The Morgan fingerprint density at radius 2 is 2.10 bits per heavy atom. The molecule has 0 saturated carbocycles. The van der Waals surface area contributed by atoms with Crippen molar-refractivity contribution in [3.63, 3.8) is 0 Å². The van der Waals surface area contributed by atoms with Gasteiger partial charge in [0.25, 0.3) is 0 Å². The highest BCUT2D eigenvalue weighted by Gasteiger charge is 2.26. The Morgan fingerprint density at radius 1 is 1.33 bits per heavy atom. The van der Waals surface area contributed by atoms with Crippen LogP contribution in [0.2, 0.25) is 5.02 Å². The Labute approximate surface area is 127 Å². The third kappa shape index (κ3) is 2.38. The molecule has 0 unspecified atom stereocenters. The van der Waals surface area contributed by atoms with Crippen LogP contribution in [0.25, 0.3) is 0 Å². The molecule has 2 aromatic rings. The maximum atomic E-state index is 12.8. The highest BCUT2D eigenvalue weighted by molar-refractivity contribution is 6.34. The second-order valence-corrected chi connectivity index (χ2v) is 5.45. The molecule has 0 bridgehead atoms. The fourth-order valence-corrected chi connectivity index (χ4v) is 2.54. The lowest BCUT2D eigenvalue weighted by atomic mass is 10.1. The van der Waals surface area contributed by atoms with E-state index in [4.69, 9.17) is 21.1 Å². The average Bonchev–Trinajstić information content (AvgIpc) is 2.88. The Bertz CT molecular complexity index is 694. The zero-order valence-electron chi connectivity index (χ0n) is 11.8. The van der Waals surface area contributed by atoms with Crippen molar-refractivity contribution in [3.8, 4) is 11.5 Å². The number of hydrogen-bond donors (Lipinski definition) is 0. The van der Waals surface area contributed by atoms with E-state index in [1.54, 1.807) is 22.9 Å². The molecule has 0 spiro atoms. The van der Waals surface area contributed by atoms with E-state index >= 15 is 0 Å². The number of ketones is 1. The van der Waals surface area contributed by atoms with Gasteiger partial charge in [0.2, 0.25) is 5.78 Å². The number of carbonyl (C=O) groups excluding carboxylic acids is 1. The smallest absolute Gasteiger partial charge is 0.216 e. The highest BCUT2D eigenvalue weighted by atomic mass is 35.5. The molecule has 6 heteroatoms. The predicted octanol–water partition coefficient (Wildman–Crippen LogP) is 3.12. The van der Waals surface area contributed by atoms with Gasteiger partial charge in [0.05, 0.1) is 16.8 Å². The maximum absolute atomic E-state index is 12.8. The second kappa shape index (κ2) is 5.41. The Morgan fingerprint density at radius 3 is 2.86 bits per heavy atom. The van der Waals surface area contributed by atoms with E-state index < -0.39 is 0 Å². The summed E-state index contributed by atoms with van der Waals surface area (Å²) in [6.45, 7) is 4.80. The number of benzene rings is 1. The van der Waals surface area contributed by atoms with Crippen LogP contribution in [-0.4, -0.2) is 28.8 Å². The van der Waals surface area contributed by atoms with Gasteiger partial charge in [0.15, 0.2) is 11.5 Å². The summed E-state index contributed by atoms with van der Waals surface area (Å²) in [6.07, 6.45) is 1.49. The molecule has 0 amide bonds. The summed E-state index contributed by atoms with van der Waals surface area (Å²) in [6, 6.07) is 5.30. The van der Waals surface area contributed by atoms with Gasteiger partial charge in [-0.3, -0.25) is 9.48 Å². The minimum Gasteiger partial charge on any atom is -0.486 e. The standard InChI is InChI=1S/C15H15ClN2O3/c1-9(2)18-13(11(16)8-17-18)14(19)10-4-3-5-12-15(10)21-7-6-20-12/h3-5,8-9H,6-7H2,1-2H3. The van der Waals surface area contributed by atoms with Crippen LogP contribution >= 0.6 is 11.6 Å². The van der Waals surface area contributed by atoms with Crippen LogP contribution in [0.3, 0.4) is 0 Å². The SMILES string of the molecule is CC(C)n1ncc(Cl)c1C(=O)c1cccc2c1OCCO2. The van der Waals surface area contributed by atoms with Gasteiger partial charge in [-0.25, -0.2) is 0 Å². The molecule has 1 aromatic carbocycles. The molecular formula is C15H15ClN2O3. The number of hydrogen-bond acceptors (Lipinski definition) is 4. The van der Waals surface area contributed by atoms with Crippen molar-refractivity contribution >= 4 is 17.4 Å². The van der Waals surface area contributed by atoms with Crippen LogP contribution in [0.15, 0.2) is 24.4 Å². The fourth-order valence-electron chi connectivity index (χ4n) is 2.33. The van der Waals surface area contributed by atoms with Gasteiger partial charge in [-0.2, -0.15) is 5.10 Å². The predicted molar refractivity (Wildman–Crippen MR) is 78.5 cm³/mol. The first-order valence-electron chi connectivity index (χ1n) is 6.76. The number of halogens is 1. The lowest BCUT2D eigenvalue weighted by Crippen LogP contribution is -2.19. The van der Waals surface area contributed by atoms with Crippen LogP contribution in [0.4, 0.5) is 0 Å². The highest BCUT2D eigenvalue weighted by Crippen LogP contribution is 2.35. The Balaban J connectivity index is 2.10. The third-order valence-electron chi connectivity index (χ3n) is 3.27. The van der Waals surface area contributed by atoms with Gasteiger partial charge < -0.3 is 9.47 Å². The van der Waals surface area contributed by atoms with E-state index in [0.29, 0.717) is 41.0 Å². The van der Waals surface area contributed by atoms with Gasteiger partial charge in [0, 0.05) is 6.04 Å². The lowest BCUT2D eigenvalue weighted by Gasteiger charge is -2.20. The molecule has 1 aliphatic rings. The molecule has 0 radical (unpaired) electrons. The lowest BCUT2D eigenvalue weighted by molar-refractivity contribution is 0.101. The normalized spacial score (nSPS) is 13.5. The number of para-hydroxylation sites is 1. The van der Waals surface area contributed by atoms with Gasteiger partial charge in [-0.15, -0.1) is 0 Å². The molecule has 3 rings (SSSR count). The van der Waals surface area contributed by atoms with Gasteiger partial charge in [-0.1, -0.05) is 17.7 Å². The molecular weight excluding hydrogens is 292 g/mol. The van der Waals surface area contributed by atoms with Crippen molar-refractivity contribution in [1.82, 2.24) is 9.78 Å². The topological polar surface area (TPSA) is 53.4 Å². The number of ether oxygens (including phenoxy) is 2. The van der Waals surface area contributed by atoms with Crippen molar-refractivity contribution in [2.45, 2.75) is 19.9 Å². The first-order chi connectivity index (χ1) is 10.1. The van der Waals surface area contributed by atoms with Crippen molar-refractivity contribution in [2.24, 2.45) is 0 Å². The number of nitrogens with zero attached hydrogens (tertiary/aromatic N) is 2. The largest absolute Gasteiger partial charge is 0.486 e. The quantitative estimate of drug-likeness (QED) is 0.818. The van der Waals surface area contributed by atoms with E-state index in [9.17, 15) is 4.79 Å². The Kier molecular flexibility index (Phi) is 3.59. The van der Waals surface area contributed by atoms with E-state index in [1.807, 2.05) is 13.8 Å². The van der Waals surface area contributed by atoms with Crippen molar-refractivity contribution in [3.05, 3.63) is 40.7 Å². The van der Waals surface area contributed by atoms with Crippen LogP contribution in [0.5, 0.6) is 11.5 Å². The van der Waals surface area contributed by atoms with E-state index in [-0.39, 0.29) is 11.8 Å². The molecule has 110 valence electrons. The molecule has 2 heterocycles. The third-order valence-corrected chi connectivity index (χ3v) is 3.54. The summed E-state index contributed by atoms with van der Waals surface area (Å²) in [5.41, 5.74) is 0.811. The van der Waals surface area contributed by atoms with E-state index in [1.165, 1.54) is 6.20 Å².